The van der Waals surface area contributed by atoms with Gasteiger partial charge in [0, 0.05) is 11.7 Å². The molecule has 0 aliphatic carbocycles. The van der Waals surface area contributed by atoms with Gasteiger partial charge in [-0.25, -0.2) is 4.98 Å². The normalized spacial score (nSPS) is 10.3. The molecule has 2 rings (SSSR count). The van der Waals surface area contributed by atoms with Crippen molar-refractivity contribution in [1.82, 2.24) is 4.98 Å². The SMILES string of the molecule is CC(C)Nc1cccc(C(=O)Nc2ccc(O)cc2)n1. The second-order valence-electron chi connectivity index (χ2n) is 4.71. The number of anilines is 2. The van der Waals surface area contributed by atoms with Gasteiger partial charge in [-0.05, 0) is 50.2 Å². The van der Waals surface area contributed by atoms with Gasteiger partial charge < -0.3 is 15.7 Å². The van der Waals surface area contributed by atoms with Crippen LogP contribution in [0.4, 0.5) is 11.5 Å². The summed E-state index contributed by atoms with van der Waals surface area (Å²) in [4.78, 5) is 16.3. The van der Waals surface area contributed by atoms with Crippen LogP contribution in [0, 0.1) is 0 Å². The number of rotatable bonds is 4. The van der Waals surface area contributed by atoms with Crippen molar-refractivity contribution < 1.29 is 9.90 Å². The Morgan fingerprint density at radius 2 is 1.85 bits per heavy atom. The van der Waals surface area contributed by atoms with Gasteiger partial charge in [0.15, 0.2) is 0 Å². The Labute approximate surface area is 117 Å². The van der Waals surface area contributed by atoms with E-state index < -0.39 is 0 Å². The molecular formula is C15H17N3O2. The zero-order valence-electron chi connectivity index (χ0n) is 11.4. The summed E-state index contributed by atoms with van der Waals surface area (Å²) in [7, 11) is 0. The number of aromatic nitrogens is 1. The Morgan fingerprint density at radius 3 is 2.50 bits per heavy atom. The molecule has 0 saturated carbocycles. The largest absolute Gasteiger partial charge is 0.508 e. The monoisotopic (exact) mass is 271 g/mol. The van der Waals surface area contributed by atoms with E-state index in [1.165, 1.54) is 12.1 Å². The van der Waals surface area contributed by atoms with Crippen molar-refractivity contribution >= 4 is 17.4 Å². The molecule has 0 spiro atoms. The van der Waals surface area contributed by atoms with Crippen LogP contribution in [0.5, 0.6) is 5.75 Å². The molecule has 1 heterocycles. The zero-order valence-corrected chi connectivity index (χ0v) is 11.4. The molecular weight excluding hydrogens is 254 g/mol. The molecule has 5 heteroatoms. The van der Waals surface area contributed by atoms with Crippen LogP contribution in [0.2, 0.25) is 0 Å². The summed E-state index contributed by atoms with van der Waals surface area (Å²) in [6, 6.07) is 11.8. The van der Waals surface area contributed by atoms with Crippen molar-refractivity contribution in [2.24, 2.45) is 0 Å². The molecule has 0 aliphatic rings. The minimum atomic E-state index is -0.289. The van der Waals surface area contributed by atoms with Crippen LogP contribution in [0.25, 0.3) is 0 Å². The van der Waals surface area contributed by atoms with Crippen LogP contribution in [-0.2, 0) is 0 Å². The fourth-order valence-corrected chi connectivity index (χ4v) is 1.68. The van der Waals surface area contributed by atoms with Gasteiger partial charge >= 0.3 is 0 Å². The highest BCUT2D eigenvalue weighted by molar-refractivity contribution is 6.03. The summed E-state index contributed by atoms with van der Waals surface area (Å²) in [5, 5.41) is 15.1. The highest BCUT2D eigenvalue weighted by Crippen LogP contribution is 2.15. The molecule has 0 aliphatic heterocycles. The second-order valence-corrected chi connectivity index (χ2v) is 4.71. The molecule has 104 valence electrons. The Hall–Kier alpha value is -2.56. The summed E-state index contributed by atoms with van der Waals surface area (Å²) >= 11 is 0. The van der Waals surface area contributed by atoms with E-state index in [0.29, 0.717) is 17.2 Å². The van der Waals surface area contributed by atoms with E-state index in [4.69, 9.17) is 0 Å². The number of nitrogens with one attached hydrogen (secondary N) is 2. The third kappa shape index (κ3) is 3.71. The number of amides is 1. The lowest BCUT2D eigenvalue weighted by molar-refractivity contribution is 0.102. The fourth-order valence-electron chi connectivity index (χ4n) is 1.68. The van der Waals surface area contributed by atoms with Crippen molar-refractivity contribution in [3.05, 3.63) is 48.2 Å². The van der Waals surface area contributed by atoms with Crippen LogP contribution in [-0.4, -0.2) is 22.0 Å². The lowest BCUT2D eigenvalue weighted by Crippen LogP contribution is -2.16. The molecule has 1 amide bonds. The Morgan fingerprint density at radius 1 is 1.15 bits per heavy atom. The summed E-state index contributed by atoms with van der Waals surface area (Å²) in [5.41, 5.74) is 0.945. The third-order valence-electron chi connectivity index (χ3n) is 2.54. The number of phenolic OH excluding ortho intramolecular Hbond substituents is 1. The third-order valence-corrected chi connectivity index (χ3v) is 2.54. The van der Waals surface area contributed by atoms with Crippen molar-refractivity contribution in [1.29, 1.82) is 0 Å². The van der Waals surface area contributed by atoms with E-state index in [0.717, 1.165) is 0 Å². The fraction of sp³-hybridized carbons (Fsp3) is 0.200. The quantitative estimate of drug-likeness (QED) is 0.747. The van der Waals surface area contributed by atoms with Gasteiger partial charge in [0.25, 0.3) is 5.91 Å². The Bertz CT molecular complexity index is 594. The Balaban J connectivity index is 2.10. The van der Waals surface area contributed by atoms with Gasteiger partial charge in [-0.15, -0.1) is 0 Å². The first kappa shape index (κ1) is 13.9. The molecule has 0 radical (unpaired) electrons. The van der Waals surface area contributed by atoms with Crippen LogP contribution in [0.1, 0.15) is 24.3 Å². The topological polar surface area (TPSA) is 74.2 Å². The number of hydrogen-bond acceptors (Lipinski definition) is 4. The first-order chi connectivity index (χ1) is 9.54. The highest BCUT2D eigenvalue weighted by Gasteiger charge is 2.08. The first-order valence-electron chi connectivity index (χ1n) is 6.38. The van der Waals surface area contributed by atoms with Crippen LogP contribution >= 0.6 is 0 Å². The molecule has 5 nitrogen and oxygen atoms in total. The first-order valence-corrected chi connectivity index (χ1v) is 6.38. The summed E-state index contributed by atoms with van der Waals surface area (Å²) in [6.07, 6.45) is 0. The lowest BCUT2D eigenvalue weighted by atomic mass is 10.2. The van der Waals surface area contributed by atoms with Gasteiger partial charge in [-0.2, -0.15) is 0 Å². The summed E-state index contributed by atoms with van der Waals surface area (Å²) < 4.78 is 0. The zero-order chi connectivity index (χ0) is 14.5. The standard InChI is InChI=1S/C15H17N3O2/c1-10(2)16-14-5-3-4-13(18-14)15(20)17-11-6-8-12(19)9-7-11/h3-10,19H,1-2H3,(H,16,18)(H,17,20). The molecule has 1 aromatic heterocycles. The number of carbonyl (C=O) groups excluding carboxylic acids is 1. The minimum Gasteiger partial charge on any atom is -0.508 e. The lowest BCUT2D eigenvalue weighted by Gasteiger charge is -2.10. The van der Waals surface area contributed by atoms with E-state index in [1.807, 2.05) is 19.9 Å². The molecule has 0 unspecified atom stereocenters. The minimum absolute atomic E-state index is 0.157. The van der Waals surface area contributed by atoms with Crippen molar-refractivity contribution in [3.8, 4) is 5.75 Å². The van der Waals surface area contributed by atoms with Crippen molar-refractivity contribution in [3.63, 3.8) is 0 Å². The maximum absolute atomic E-state index is 12.1. The van der Waals surface area contributed by atoms with Crippen LogP contribution in [0.3, 0.4) is 0 Å². The van der Waals surface area contributed by atoms with Gasteiger partial charge in [0.1, 0.15) is 17.3 Å². The van der Waals surface area contributed by atoms with E-state index >= 15 is 0 Å². The average Bonchev–Trinajstić information content (AvgIpc) is 2.41. The van der Waals surface area contributed by atoms with Gasteiger partial charge in [-0.3, -0.25) is 4.79 Å². The number of aromatic hydroxyl groups is 1. The highest BCUT2D eigenvalue weighted by atomic mass is 16.3. The van der Waals surface area contributed by atoms with Gasteiger partial charge in [-0.1, -0.05) is 6.07 Å². The summed E-state index contributed by atoms with van der Waals surface area (Å²) in [5.74, 6) is 0.533. The maximum atomic E-state index is 12.1. The molecule has 0 saturated heterocycles. The molecule has 1 aromatic carbocycles. The number of hydrogen-bond donors (Lipinski definition) is 3. The van der Waals surface area contributed by atoms with Crippen molar-refractivity contribution in [2.75, 3.05) is 10.6 Å². The molecule has 20 heavy (non-hydrogen) atoms. The number of carbonyl (C=O) groups is 1. The predicted octanol–water partition coefficient (Wildman–Crippen LogP) is 2.86. The summed E-state index contributed by atoms with van der Waals surface area (Å²) in [6.45, 7) is 4.01. The average molecular weight is 271 g/mol. The smallest absolute Gasteiger partial charge is 0.274 e. The number of nitrogens with zero attached hydrogens (tertiary/aromatic N) is 1. The van der Waals surface area contributed by atoms with Crippen LogP contribution < -0.4 is 10.6 Å². The molecule has 0 fully saturated rings. The van der Waals surface area contributed by atoms with E-state index in [2.05, 4.69) is 15.6 Å². The molecule has 3 N–H and O–H groups in total. The predicted molar refractivity (Wildman–Crippen MR) is 79.1 cm³/mol. The number of benzene rings is 1. The number of phenols is 1. The van der Waals surface area contributed by atoms with E-state index in [1.54, 1.807) is 24.3 Å². The van der Waals surface area contributed by atoms with Gasteiger partial charge in [0.05, 0.1) is 0 Å². The number of pyridine rings is 1. The maximum Gasteiger partial charge on any atom is 0.274 e. The van der Waals surface area contributed by atoms with E-state index in [9.17, 15) is 9.90 Å². The molecule has 0 atom stereocenters. The Kier molecular flexibility index (Phi) is 4.20. The second kappa shape index (κ2) is 6.06. The van der Waals surface area contributed by atoms with E-state index in [-0.39, 0.29) is 17.7 Å². The molecule has 2 aromatic rings. The van der Waals surface area contributed by atoms with Crippen LogP contribution in [0.15, 0.2) is 42.5 Å². The van der Waals surface area contributed by atoms with Gasteiger partial charge in [0.2, 0.25) is 0 Å². The molecule has 0 bridgehead atoms. The van der Waals surface area contributed by atoms with Crippen molar-refractivity contribution in [2.45, 2.75) is 19.9 Å².